The van der Waals surface area contributed by atoms with Crippen molar-refractivity contribution in [1.29, 1.82) is 0 Å². The molecule has 1 aliphatic heterocycles. The van der Waals surface area contributed by atoms with Gasteiger partial charge < -0.3 is 14.5 Å². The van der Waals surface area contributed by atoms with E-state index in [9.17, 15) is 0 Å². The van der Waals surface area contributed by atoms with Crippen LogP contribution in [-0.2, 0) is 0 Å². The van der Waals surface area contributed by atoms with Crippen molar-refractivity contribution in [2.45, 2.75) is 19.4 Å². The molecule has 2 atom stereocenters. The van der Waals surface area contributed by atoms with E-state index < -0.39 is 0 Å². The molecule has 1 N–H and O–H groups in total. The molecule has 0 spiro atoms. The lowest BCUT2D eigenvalue weighted by atomic mass is 9.94. The van der Waals surface area contributed by atoms with Gasteiger partial charge in [0.1, 0.15) is 0 Å². The maximum Gasteiger partial charge on any atom is 0.178 e. The average Bonchev–Trinajstić information content (AvgIpc) is 2.66. The summed E-state index contributed by atoms with van der Waals surface area (Å²) in [6.45, 7) is 4.57. The first kappa shape index (κ1) is 11.9. The SMILES string of the molecule is CC1CN(C)CCC1n1c(=S)[nH]c2cnccc21. The van der Waals surface area contributed by atoms with Gasteiger partial charge in [0.15, 0.2) is 4.77 Å². The molecule has 0 bridgehead atoms. The summed E-state index contributed by atoms with van der Waals surface area (Å²) in [5, 5.41) is 0. The quantitative estimate of drug-likeness (QED) is 0.803. The van der Waals surface area contributed by atoms with Gasteiger partial charge in [0.05, 0.1) is 17.2 Å². The number of nitrogens with one attached hydrogen (secondary N) is 1. The highest BCUT2D eigenvalue weighted by molar-refractivity contribution is 7.71. The summed E-state index contributed by atoms with van der Waals surface area (Å²) in [6.07, 6.45) is 4.84. The monoisotopic (exact) mass is 262 g/mol. The lowest BCUT2D eigenvalue weighted by Gasteiger charge is -2.35. The van der Waals surface area contributed by atoms with Gasteiger partial charge in [0.25, 0.3) is 0 Å². The summed E-state index contributed by atoms with van der Waals surface area (Å²) < 4.78 is 3.10. The largest absolute Gasteiger partial charge is 0.329 e. The molecule has 18 heavy (non-hydrogen) atoms. The van der Waals surface area contributed by atoms with E-state index in [1.54, 1.807) is 0 Å². The van der Waals surface area contributed by atoms with Gasteiger partial charge in [-0.25, -0.2) is 0 Å². The Hall–Kier alpha value is -1.20. The molecule has 1 aliphatic rings. The van der Waals surface area contributed by atoms with Gasteiger partial charge in [-0.2, -0.15) is 0 Å². The minimum Gasteiger partial charge on any atom is -0.329 e. The van der Waals surface area contributed by atoms with Gasteiger partial charge >= 0.3 is 0 Å². The van der Waals surface area contributed by atoms with Gasteiger partial charge in [-0.15, -0.1) is 0 Å². The maximum absolute atomic E-state index is 5.48. The zero-order chi connectivity index (χ0) is 12.7. The zero-order valence-electron chi connectivity index (χ0n) is 10.8. The Morgan fingerprint density at radius 1 is 1.50 bits per heavy atom. The second kappa shape index (κ2) is 4.48. The van der Waals surface area contributed by atoms with Gasteiger partial charge in [-0.1, -0.05) is 6.92 Å². The van der Waals surface area contributed by atoms with Crippen LogP contribution in [-0.4, -0.2) is 39.6 Å². The van der Waals surface area contributed by atoms with Crippen LogP contribution in [0.5, 0.6) is 0 Å². The van der Waals surface area contributed by atoms with Crippen molar-refractivity contribution in [1.82, 2.24) is 19.4 Å². The molecule has 3 rings (SSSR count). The Labute approximate surface area is 112 Å². The number of H-pyrrole nitrogens is 1. The number of hydrogen-bond donors (Lipinski definition) is 1. The van der Waals surface area contributed by atoms with Crippen LogP contribution >= 0.6 is 12.2 Å². The number of imidazole rings is 1. The Morgan fingerprint density at radius 2 is 2.33 bits per heavy atom. The summed E-state index contributed by atoms with van der Waals surface area (Å²) in [5.41, 5.74) is 2.21. The standard InChI is InChI=1S/C13H18N4S/c1-9-8-16(2)6-4-11(9)17-12-3-5-14-7-10(12)15-13(17)18/h3,5,7,9,11H,4,6,8H2,1-2H3,(H,15,18). The number of rotatable bonds is 1. The Kier molecular flexibility index (Phi) is 2.95. The molecule has 5 heteroatoms. The minimum atomic E-state index is 0.491. The first-order valence-corrected chi connectivity index (χ1v) is 6.80. The second-order valence-electron chi connectivity index (χ2n) is 5.29. The van der Waals surface area contributed by atoms with Gasteiger partial charge in [-0.05, 0) is 44.2 Å². The summed E-state index contributed by atoms with van der Waals surface area (Å²) in [7, 11) is 2.19. The van der Waals surface area contributed by atoms with Gasteiger partial charge in [0, 0.05) is 18.8 Å². The fraction of sp³-hybridized carbons (Fsp3) is 0.538. The Morgan fingerprint density at radius 3 is 3.11 bits per heavy atom. The van der Waals surface area contributed by atoms with Crippen molar-refractivity contribution in [3.05, 3.63) is 23.2 Å². The Bertz CT molecular complexity index is 615. The first-order valence-electron chi connectivity index (χ1n) is 6.39. The fourth-order valence-electron chi connectivity index (χ4n) is 3.03. The van der Waals surface area contributed by atoms with Crippen LogP contribution in [0.1, 0.15) is 19.4 Å². The molecule has 1 fully saturated rings. The zero-order valence-corrected chi connectivity index (χ0v) is 11.6. The number of aromatic amines is 1. The van der Waals surface area contributed by atoms with Crippen LogP contribution in [0.3, 0.4) is 0 Å². The van der Waals surface area contributed by atoms with Crippen LogP contribution in [0.25, 0.3) is 11.0 Å². The molecule has 2 aromatic heterocycles. The lowest BCUT2D eigenvalue weighted by Crippen LogP contribution is -2.37. The molecule has 0 aromatic carbocycles. The second-order valence-corrected chi connectivity index (χ2v) is 5.68. The van der Waals surface area contributed by atoms with Crippen molar-refractivity contribution in [2.75, 3.05) is 20.1 Å². The average molecular weight is 262 g/mol. The van der Waals surface area contributed by atoms with Crippen molar-refractivity contribution < 1.29 is 0 Å². The maximum atomic E-state index is 5.48. The molecule has 2 aromatic rings. The molecule has 0 radical (unpaired) electrons. The number of likely N-dealkylation sites (tertiary alicyclic amines) is 1. The number of nitrogens with zero attached hydrogens (tertiary/aromatic N) is 3. The van der Waals surface area contributed by atoms with Crippen molar-refractivity contribution in [2.24, 2.45) is 5.92 Å². The fourth-order valence-corrected chi connectivity index (χ4v) is 3.38. The topological polar surface area (TPSA) is 36.9 Å². The molecule has 0 saturated carbocycles. The van der Waals surface area contributed by atoms with Gasteiger partial charge in [0.2, 0.25) is 0 Å². The molecule has 2 unspecified atom stereocenters. The number of fused-ring (bicyclic) bond motifs is 1. The smallest absolute Gasteiger partial charge is 0.178 e. The highest BCUT2D eigenvalue weighted by atomic mass is 32.1. The van der Waals surface area contributed by atoms with E-state index in [4.69, 9.17) is 12.2 Å². The van der Waals surface area contributed by atoms with Crippen molar-refractivity contribution in [3.63, 3.8) is 0 Å². The summed E-state index contributed by atoms with van der Waals surface area (Å²) in [6, 6.07) is 2.54. The van der Waals surface area contributed by atoms with E-state index in [1.165, 1.54) is 5.52 Å². The van der Waals surface area contributed by atoms with Crippen LogP contribution in [0.15, 0.2) is 18.5 Å². The summed E-state index contributed by atoms with van der Waals surface area (Å²) in [5.74, 6) is 0.614. The van der Waals surface area contributed by atoms with Crippen LogP contribution < -0.4 is 0 Å². The molecular formula is C13H18N4S. The third-order valence-electron chi connectivity index (χ3n) is 3.91. The van der Waals surface area contributed by atoms with E-state index in [-0.39, 0.29) is 0 Å². The summed E-state index contributed by atoms with van der Waals surface area (Å²) >= 11 is 5.48. The lowest BCUT2D eigenvalue weighted by molar-refractivity contribution is 0.160. The van der Waals surface area contributed by atoms with E-state index >= 15 is 0 Å². The van der Waals surface area contributed by atoms with Crippen molar-refractivity contribution in [3.8, 4) is 0 Å². The van der Waals surface area contributed by atoms with E-state index in [0.29, 0.717) is 12.0 Å². The normalized spacial score (nSPS) is 25.7. The van der Waals surface area contributed by atoms with Crippen molar-refractivity contribution >= 4 is 23.3 Å². The number of aromatic nitrogens is 3. The predicted molar refractivity (Wildman–Crippen MR) is 75.2 cm³/mol. The van der Waals surface area contributed by atoms with E-state index in [0.717, 1.165) is 29.8 Å². The van der Waals surface area contributed by atoms with E-state index in [1.807, 2.05) is 18.5 Å². The van der Waals surface area contributed by atoms with E-state index in [2.05, 4.69) is 33.4 Å². The third kappa shape index (κ3) is 1.87. The molecule has 0 aliphatic carbocycles. The molecular weight excluding hydrogens is 244 g/mol. The summed E-state index contributed by atoms with van der Waals surface area (Å²) in [4.78, 5) is 9.79. The van der Waals surface area contributed by atoms with Gasteiger partial charge in [-0.3, -0.25) is 4.98 Å². The molecule has 4 nitrogen and oxygen atoms in total. The van der Waals surface area contributed by atoms with Crippen LogP contribution in [0, 0.1) is 10.7 Å². The number of hydrogen-bond acceptors (Lipinski definition) is 3. The van der Waals surface area contributed by atoms with Crippen LogP contribution in [0.2, 0.25) is 0 Å². The molecule has 0 amide bonds. The number of piperidine rings is 1. The third-order valence-corrected chi connectivity index (χ3v) is 4.21. The highest BCUT2D eigenvalue weighted by Crippen LogP contribution is 2.30. The predicted octanol–water partition coefficient (Wildman–Crippen LogP) is 2.61. The molecule has 96 valence electrons. The first-order chi connectivity index (χ1) is 8.66. The molecule has 3 heterocycles. The molecule has 1 saturated heterocycles. The Balaban J connectivity index is 2.09. The van der Waals surface area contributed by atoms with Crippen LogP contribution in [0.4, 0.5) is 0 Å². The highest BCUT2D eigenvalue weighted by Gasteiger charge is 2.27. The minimum absolute atomic E-state index is 0.491. The number of pyridine rings is 1.